The van der Waals surface area contributed by atoms with Crippen LogP contribution in [0.3, 0.4) is 0 Å². The fourth-order valence-corrected chi connectivity index (χ4v) is 2.00. The maximum Gasteiger partial charge on any atom is -0.00149 e. The Kier molecular flexibility index (Phi) is 5.38. The molecule has 0 fully saturated rings. The van der Waals surface area contributed by atoms with Gasteiger partial charge in [-0.05, 0) is 36.2 Å². The lowest BCUT2D eigenvalue weighted by Crippen LogP contribution is -2.36. The third-order valence-corrected chi connectivity index (χ3v) is 2.98. The number of nitrogens with one attached hydrogen (secondary N) is 1. The Labute approximate surface area is 88.2 Å². The Hall–Kier alpha value is 0.820. The van der Waals surface area contributed by atoms with Gasteiger partial charge in [0, 0.05) is 0 Å². The first kappa shape index (κ1) is 13.8. The summed E-state index contributed by atoms with van der Waals surface area (Å²) in [6.45, 7) is 10.2. The third-order valence-electron chi connectivity index (χ3n) is 2.28. The van der Waals surface area contributed by atoms with Crippen LogP contribution in [0.5, 0.6) is 0 Å². The molecule has 3 heteroatoms. The molecule has 0 saturated carbocycles. The molecule has 0 spiro atoms. The molecule has 0 aromatic carbocycles. The molecule has 3 unspecified atom stereocenters. The Morgan fingerprint density at radius 3 is 1.85 bits per heavy atom. The van der Waals surface area contributed by atoms with Crippen LogP contribution in [0.1, 0.15) is 34.1 Å². The first-order valence-corrected chi connectivity index (χ1v) is 6.04. The topological polar surface area (TPSA) is 12.0 Å². The van der Waals surface area contributed by atoms with Gasteiger partial charge in [0.1, 0.15) is 0 Å². The predicted molar refractivity (Wildman–Crippen MR) is 69.6 cm³/mol. The molecule has 0 saturated heterocycles. The second kappa shape index (κ2) is 5.06. The van der Waals surface area contributed by atoms with Crippen molar-refractivity contribution in [3.63, 3.8) is 0 Å². The summed E-state index contributed by atoms with van der Waals surface area (Å²) in [5, 5.41) is 3.93. The molecule has 0 bridgehead atoms. The zero-order chi connectivity index (χ0) is 10.7. The summed E-state index contributed by atoms with van der Waals surface area (Å²) < 4.78 is 0. The van der Waals surface area contributed by atoms with E-state index >= 15 is 0 Å². The van der Waals surface area contributed by atoms with E-state index in [4.69, 9.17) is 0 Å². The van der Waals surface area contributed by atoms with Gasteiger partial charge >= 0.3 is 0 Å². The molecule has 13 heavy (non-hydrogen) atoms. The molecule has 0 aromatic heterocycles. The normalized spacial score (nSPS) is 15.9. The van der Waals surface area contributed by atoms with Gasteiger partial charge < -0.3 is 5.32 Å². The van der Waals surface area contributed by atoms with E-state index in [2.05, 4.69) is 51.5 Å². The van der Waals surface area contributed by atoms with E-state index in [-0.39, 0.29) is 0 Å². The van der Waals surface area contributed by atoms with E-state index in [1.54, 1.807) is 0 Å². The minimum absolute atomic E-state index is 0.316. The minimum atomic E-state index is 0.316. The molecule has 0 amide bonds. The van der Waals surface area contributed by atoms with Crippen LogP contribution in [0.25, 0.3) is 0 Å². The van der Waals surface area contributed by atoms with Gasteiger partial charge in [0.15, 0.2) is 0 Å². The number of hydrogen-bond donors (Lipinski definition) is 1. The predicted octanol–water partition coefficient (Wildman–Crippen LogP) is 2.52. The number of hydrogen-bond acceptors (Lipinski definition) is 1. The Balaban J connectivity index is 4.27. The highest BCUT2D eigenvalue weighted by molar-refractivity contribution is 7.19. The Morgan fingerprint density at radius 2 is 1.62 bits per heavy atom. The van der Waals surface area contributed by atoms with Gasteiger partial charge in [0.25, 0.3) is 0 Å². The lowest BCUT2D eigenvalue weighted by atomic mass is 9.86. The largest absolute Gasteiger partial charge is 0.319 e. The van der Waals surface area contributed by atoms with E-state index in [9.17, 15) is 0 Å². The molecule has 1 N–H and O–H groups in total. The molecule has 0 rings (SSSR count). The SMILES string of the molecule is CNCC(CC(C)(C)P)C(C)(C)P. The van der Waals surface area contributed by atoms with Crippen molar-refractivity contribution in [1.29, 1.82) is 0 Å². The summed E-state index contributed by atoms with van der Waals surface area (Å²) in [5.74, 6) is 0.704. The van der Waals surface area contributed by atoms with Crippen molar-refractivity contribution >= 4 is 18.5 Å². The van der Waals surface area contributed by atoms with Crippen LogP contribution in [0.15, 0.2) is 0 Å². The lowest BCUT2D eigenvalue weighted by Gasteiger charge is -2.35. The quantitative estimate of drug-likeness (QED) is 0.703. The van der Waals surface area contributed by atoms with Crippen LogP contribution in [0.2, 0.25) is 0 Å². The summed E-state index contributed by atoms with van der Waals surface area (Å²) in [6, 6.07) is 0. The van der Waals surface area contributed by atoms with Crippen molar-refractivity contribution < 1.29 is 0 Å². The monoisotopic (exact) mass is 221 g/mol. The molecule has 0 aliphatic carbocycles. The molecular weight excluding hydrogens is 196 g/mol. The van der Waals surface area contributed by atoms with E-state index in [0.717, 1.165) is 6.54 Å². The maximum absolute atomic E-state index is 3.27. The summed E-state index contributed by atoms with van der Waals surface area (Å²) >= 11 is 0. The van der Waals surface area contributed by atoms with Crippen LogP contribution >= 0.6 is 18.5 Å². The molecule has 80 valence electrons. The van der Waals surface area contributed by atoms with Crippen LogP contribution in [-0.2, 0) is 0 Å². The average Bonchev–Trinajstić information content (AvgIpc) is 1.81. The van der Waals surface area contributed by atoms with Gasteiger partial charge in [-0.3, -0.25) is 0 Å². The molecule has 0 aliphatic heterocycles. The van der Waals surface area contributed by atoms with Gasteiger partial charge in [0.05, 0.1) is 0 Å². The minimum Gasteiger partial charge on any atom is -0.319 e. The summed E-state index contributed by atoms with van der Waals surface area (Å²) in [7, 11) is 7.92. The van der Waals surface area contributed by atoms with E-state index in [1.165, 1.54) is 6.42 Å². The van der Waals surface area contributed by atoms with Crippen LogP contribution < -0.4 is 5.32 Å². The number of rotatable bonds is 5. The van der Waals surface area contributed by atoms with E-state index < -0.39 is 0 Å². The Bertz CT molecular complexity index is 144. The Morgan fingerprint density at radius 1 is 1.15 bits per heavy atom. The van der Waals surface area contributed by atoms with Crippen molar-refractivity contribution in [2.45, 2.75) is 44.4 Å². The summed E-state index contributed by atoms with van der Waals surface area (Å²) in [5.41, 5.74) is 0. The van der Waals surface area contributed by atoms with E-state index in [1.807, 2.05) is 7.05 Å². The van der Waals surface area contributed by atoms with Gasteiger partial charge in [-0.15, -0.1) is 18.5 Å². The molecule has 0 radical (unpaired) electrons. The third kappa shape index (κ3) is 6.83. The maximum atomic E-state index is 3.27. The first-order chi connectivity index (χ1) is 5.67. The van der Waals surface area contributed by atoms with Crippen molar-refractivity contribution in [3.05, 3.63) is 0 Å². The first-order valence-electron chi connectivity index (χ1n) is 4.89. The smallest absolute Gasteiger partial charge is 0.00149 e. The highest BCUT2D eigenvalue weighted by Gasteiger charge is 2.28. The van der Waals surface area contributed by atoms with Crippen LogP contribution in [-0.4, -0.2) is 23.9 Å². The van der Waals surface area contributed by atoms with Gasteiger partial charge in [-0.2, -0.15) is 0 Å². The fourth-order valence-electron chi connectivity index (χ4n) is 1.48. The van der Waals surface area contributed by atoms with Crippen molar-refractivity contribution in [3.8, 4) is 0 Å². The van der Waals surface area contributed by atoms with Crippen molar-refractivity contribution in [2.24, 2.45) is 5.92 Å². The molecular formula is C10H25NP2. The highest BCUT2D eigenvalue weighted by Crippen LogP contribution is 2.35. The molecule has 0 aromatic rings. The summed E-state index contributed by atoms with van der Waals surface area (Å²) in [4.78, 5) is 0. The van der Waals surface area contributed by atoms with Gasteiger partial charge in [-0.25, -0.2) is 0 Å². The van der Waals surface area contributed by atoms with Gasteiger partial charge in [0.2, 0.25) is 0 Å². The van der Waals surface area contributed by atoms with Crippen molar-refractivity contribution in [1.82, 2.24) is 5.32 Å². The van der Waals surface area contributed by atoms with E-state index in [0.29, 0.717) is 16.2 Å². The molecule has 0 heterocycles. The lowest BCUT2D eigenvalue weighted by molar-refractivity contribution is 0.351. The molecule has 1 nitrogen and oxygen atoms in total. The van der Waals surface area contributed by atoms with Crippen LogP contribution in [0.4, 0.5) is 0 Å². The standard InChI is InChI=1S/C10H25NP2/c1-9(2,12)6-8(7-11-5)10(3,4)13/h8,11H,6-7,12-13H2,1-5H3. The summed E-state index contributed by atoms with van der Waals surface area (Å²) in [6.07, 6.45) is 1.23. The molecule has 3 atom stereocenters. The fraction of sp³-hybridized carbons (Fsp3) is 1.00. The zero-order valence-electron chi connectivity index (χ0n) is 9.65. The van der Waals surface area contributed by atoms with Crippen LogP contribution in [0, 0.1) is 5.92 Å². The van der Waals surface area contributed by atoms with Gasteiger partial charge in [-0.1, -0.05) is 27.7 Å². The second-order valence-electron chi connectivity index (χ2n) is 5.27. The zero-order valence-corrected chi connectivity index (χ0v) is 12.0. The second-order valence-corrected chi connectivity index (χ2v) is 8.32. The highest BCUT2D eigenvalue weighted by atomic mass is 31.0. The molecule has 0 aliphatic rings. The average molecular weight is 221 g/mol. The van der Waals surface area contributed by atoms with Crippen molar-refractivity contribution in [2.75, 3.05) is 13.6 Å².